The lowest BCUT2D eigenvalue weighted by molar-refractivity contribution is -0.139. The number of carbonyl (C=O) groups excluding carboxylic acids is 1. The van der Waals surface area contributed by atoms with Gasteiger partial charge in [-0.15, -0.1) is 0 Å². The third-order valence-electron chi connectivity index (χ3n) is 6.13. The van der Waals surface area contributed by atoms with Gasteiger partial charge in [0.15, 0.2) is 6.61 Å². The SMILES string of the molecule is Cc1cc2c(OCC(=O)O)cccc2n1C(=O)c1ccc(OC[C@@H]2CN(C)c3ccccc3O2)cc1. The molecule has 184 valence electrons. The van der Waals surface area contributed by atoms with Gasteiger partial charge in [0.2, 0.25) is 0 Å². The van der Waals surface area contributed by atoms with Crippen LogP contribution in [-0.4, -0.2) is 54.5 Å². The van der Waals surface area contributed by atoms with Crippen LogP contribution in [0.1, 0.15) is 16.1 Å². The van der Waals surface area contributed by atoms with Crippen LogP contribution in [0.3, 0.4) is 0 Å². The summed E-state index contributed by atoms with van der Waals surface area (Å²) in [7, 11) is 2.03. The minimum atomic E-state index is -1.06. The second kappa shape index (κ2) is 9.65. The molecule has 1 aromatic heterocycles. The number of aromatic nitrogens is 1. The van der Waals surface area contributed by atoms with Crippen LogP contribution in [0.5, 0.6) is 17.2 Å². The van der Waals surface area contributed by atoms with Crippen molar-refractivity contribution in [3.8, 4) is 17.2 Å². The maximum atomic E-state index is 13.4. The van der Waals surface area contributed by atoms with Gasteiger partial charge in [-0.1, -0.05) is 18.2 Å². The Hall–Kier alpha value is -4.46. The molecule has 36 heavy (non-hydrogen) atoms. The van der Waals surface area contributed by atoms with Crippen molar-refractivity contribution < 1.29 is 28.9 Å². The summed E-state index contributed by atoms with van der Waals surface area (Å²) in [5.74, 6) is 0.653. The van der Waals surface area contributed by atoms with E-state index in [2.05, 4.69) is 4.90 Å². The van der Waals surface area contributed by atoms with Crippen LogP contribution in [-0.2, 0) is 4.79 Å². The van der Waals surface area contributed by atoms with Gasteiger partial charge in [0, 0.05) is 23.7 Å². The average Bonchev–Trinajstić information content (AvgIpc) is 3.22. The molecule has 3 aromatic carbocycles. The Balaban J connectivity index is 1.29. The third-order valence-corrected chi connectivity index (χ3v) is 6.13. The number of para-hydroxylation sites is 2. The number of benzene rings is 3. The van der Waals surface area contributed by atoms with E-state index in [1.54, 1.807) is 41.0 Å². The number of ether oxygens (including phenoxy) is 3. The van der Waals surface area contributed by atoms with E-state index in [4.69, 9.17) is 19.3 Å². The van der Waals surface area contributed by atoms with E-state index in [1.807, 2.05) is 50.4 Å². The molecule has 5 rings (SSSR count). The maximum absolute atomic E-state index is 13.4. The fourth-order valence-corrected chi connectivity index (χ4v) is 4.46. The van der Waals surface area contributed by atoms with Gasteiger partial charge in [-0.05, 0) is 61.5 Å². The molecule has 1 aliphatic rings. The highest BCUT2D eigenvalue weighted by Crippen LogP contribution is 2.32. The number of nitrogens with zero attached hydrogens (tertiary/aromatic N) is 2. The Morgan fingerprint density at radius 3 is 2.58 bits per heavy atom. The number of fused-ring (bicyclic) bond motifs is 2. The van der Waals surface area contributed by atoms with Crippen molar-refractivity contribution in [1.82, 2.24) is 4.57 Å². The highest BCUT2D eigenvalue weighted by atomic mass is 16.5. The molecule has 1 atom stereocenters. The molecule has 1 N–H and O–H groups in total. The normalized spacial score (nSPS) is 14.7. The molecular weight excluding hydrogens is 460 g/mol. The number of carboxylic acids is 1. The Labute approximate surface area is 208 Å². The number of likely N-dealkylation sites (N-methyl/N-ethyl adjacent to an activating group) is 1. The first-order valence-electron chi connectivity index (χ1n) is 11.6. The quantitative estimate of drug-likeness (QED) is 0.415. The van der Waals surface area contributed by atoms with Gasteiger partial charge in [0.05, 0.1) is 17.7 Å². The second-order valence-corrected chi connectivity index (χ2v) is 8.72. The number of anilines is 1. The van der Waals surface area contributed by atoms with Crippen molar-refractivity contribution in [3.05, 3.63) is 84.1 Å². The molecule has 0 saturated carbocycles. The number of aryl methyl sites for hydroxylation is 1. The lowest BCUT2D eigenvalue weighted by atomic mass is 10.2. The van der Waals surface area contributed by atoms with Crippen LogP contribution in [0.4, 0.5) is 5.69 Å². The summed E-state index contributed by atoms with van der Waals surface area (Å²) < 4.78 is 19.0. The first-order valence-corrected chi connectivity index (χ1v) is 11.6. The molecule has 0 unspecified atom stereocenters. The molecule has 0 saturated heterocycles. The van der Waals surface area contributed by atoms with Crippen LogP contribution in [0.15, 0.2) is 72.8 Å². The van der Waals surface area contributed by atoms with E-state index in [0.717, 1.165) is 17.1 Å². The summed E-state index contributed by atoms with van der Waals surface area (Å²) in [4.78, 5) is 26.4. The molecule has 1 aliphatic heterocycles. The molecular formula is C28H26N2O6. The van der Waals surface area contributed by atoms with E-state index >= 15 is 0 Å². The average molecular weight is 487 g/mol. The molecule has 0 fully saturated rings. The summed E-state index contributed by atoms with van der Waals surface area (Å²) in [5, 5.41) is 9.61. The first-order chi connectivity index (χ1) is 17.4. The lowest BCUT2D eigenvalue weighted by Crippen LogP contribution is -2.41. The molecule has 0 radical (unpaired) electrons. The summed E-state index contributed by atoms with van der Waals surface area (Å²) >= 11 is 0. The van der Waals surface area contributed by atoms with Crippen molar-refractivity contribution in [3.63, 3.8) is 0 Å². The Morgan fingerprint density at radius 1 is 1.03 bits per heavy atom. The summed E-state index contributed by atoms with van der Waals surface area (Å²) in [6.07, 6.45) is -0.113. The van der Waals surface area contributed by atoms with E-state index in [0.29, 0.717) is 41.1 Å². The maximum Gasteiger partial charge on any atom is 0.341 e. The smallest absolute Gasteiger partial charge is 0.341 e. The predicted octanol–water partition coefficient (Wildman–Crippen LogP) is 4.38. The van der Waals surface area contributed by atoms with Crippen LogP contribution in [0.25, 0.3) is 10.9 Å². The topological polar surface area (TPSA) is 90.2 Å². The van der Waals surface area contributed by atoms with Crippen molar-refractivity contribution >= 4 is 28.5 Å². The van der Waals surface area contributed by atoms with Gasteiger partial charge < -0.3 is 24.2 Å². The fourth-order valence-electron chi connectivity index (χ4n) is 4.46. The molecule has 8 nitrogen and oxygen atoms in total. The lowest BCUT2D eigenvalue weighted by Gasteiger charge is -2.33. The number of aliphatic carboxylic acids is 1. The molecule has 0 bridgehead atoms. The standard InChI is InChI=1S/C28H26N2O6/c1-18-14-22-23(7-5-9-25(22)35-17-27(31)32)30(18)28(33)19-10-12-20(13-11-19)34-16-21-15-29(2)24-6-3-4-8-26(24)36-21/h3-14,21H,15-17H2,1-2H3,(H,31,32)/t21-/m0/s1. The zero-order valence-electron chi connectivity index (χ0n) is 20.0. The largest absolute Gasteiger partial charge is 0.490 e. The van der Waals surface area contributed by atoms with E-state index in [-0.39, 0.29) is 12.0 Å². The van der Waals surface area contributed by atoms with Crippen LogP contribution in [0, 0.1) is 6.92 Å². The number of carbonyl (C=O) groups is 2. The highest BCUT2D eigenvalue weighted by Gasteiger charge is 2.24. The molecule has 8 heteroatoms. The van der Waals surface area contributed by atoms with Crippen molar-refractivity contribution in [2.75, 3.05) is 31.7 Å². The van der Waals surface area contributed by atoms with Gasteiger partial charge in [0.25, 0.3) is 5.91 Å². The van der Waals surface area contributed by atoms with E-state index in [9.17, 15) is 9.59 Å². The summed E-state index contributed by atoms with van der Waals surface area (Å²) in [6.45, 7) is 2.47. The Bertz CT molecular complexity index is 1430. The van der Waals surface area contributed by atoms with Crippen LogP contribution in [0.2, 0.25) is 0 Å². The van der Waals surface area contributed by atoms with Gasteiger partial charge in [-0.3, -0.25) is 9.36 Å². The number of carboxylic acid groups (broad SMARTS) is 1. The first kappa shape index (κ1) is 23.3. The highest BCUT2D eigenvalue weighted by molar-refractivity contribution is 6.04. The molecule has 0 amide bonds. The number of rotatable bonds is 7. The number of hydrogen-bond acceptors (Lipinski definition) is 6. The fraction of sp³-hybridized carbons (Fsp3) is 0.214. The monoisotopic (exact) mass is 486 g/mol. The van der Waals surface area contributed by atoms with Gasteiger partial charge in [0.1, 0.15) is 30.0 Å². The summed E-state index contributed by atoms with van der Waals surface area (Å²) in [6, 6.07) is 22.0. The second-order valence-electron chi connectivity index (χ2n) is 8.72. The minimum Gasteiger partial charge on any atom is -0.490 e. The minimum absolute atomic E-state index is 0.113. The molecule has 4 aromatic rings. The van der Waals surface area contributed by atoms with Crippen LogP contribution < -0.4 is 19.1 Å². The van der Waals surface area contributed by atoms with Crippen molar-refractivity contribution in [2.45, 2.75) is 13.0 Å². The van der Waals surface area contributed by atoms with Crippen LogP contribution >= 0.6 is 0 Å². The summed E-state index contributed by atoms with van der Waals surface area (Å²) in [5.41, 5.74) is 2.94. The molecule has 0 aliphatic carbocycles. The molecule has 2 heterocycles. The van der Waals surface area contributed by atoms with Gasteiger partial charge in [-0.25, -0.2) is 4.79 Å². The van der Waals surface area contributed by atoms with E-state index < -0.39 is 12.6 Å². The van der Waals surface area contributed by atoms with Crippen molar-refractivity contribution in [1.29, 1.82) is 0 Å². The van der Waals surface area contributed by atoms with Gasteiger partial charge in [-0.2, -0.15) is 0 Å². The zero-order valence-corrected chi connectivity index (χ0v) is 20.0. The zero-order chi connectivity index (χ0) is 25.2. The van der Waals surface area contributed by atoms with Gasteiger partial charge >= 0.3 is 5.97 Å². The molecule has 0 spiro atoms. The Morgan fingerprint density at radius 2 is 1.81 bits per heavy atom. The number of hydrogen-bond donors (Lipinski definition) is 1. The van der Waals surface area contributed by atoms with E-state index in [1.165, 1.54) is 0 Å². The van der Waals surface area contributed by atoms with Crippen molar-refractivity contribution in [2.24, 2.45) is 0 Å². The Kier molecular flexibility index (Phi) is 6.25. The predicted molar refractivity (Wildman–Crippen MR) is 136 cm³/mol. The third kappa shape index (κ3) is 4.57.